The van der Waals surface area contributed by atoms with Crippen molar-refractivity contribution in [3.8, 4) is 0 Å². The Hall–Kier alpha value is -0.530. The van der Waals surface area contributed by atoms with Crippen LogP contribution in [0.15, 0.2) is 0 Å². The molecule has 8 heteroatoms. The molecule has 1 saturated heterocycles. The smallest absolute Gasteiger partial charge is 0.332 e. The molecule has 0 atom stereocenters. The van der Waals surface area contributed by atoms with Gasteiger partial charge in [0.05, 0.1) is 6.54 Å². The van der Waals surface area contributed by atoms with Crippen molar-refractivity contribution in [3.63, 3.8) is 0 Å². The van der Waals surface area contributed by atoms with E-state index in [2.05, 4.69) is 5.32 Å². The van der Waals surface area contributed by atoms with Gasteiger partial charge in [-0.3, -0.25) is 9.69 Å². The maximum Gasteiger partial charge on any atom is 0.406 e. The minimum atomic E-state index is -4.34. The van der Waals surface area contributed by atoms with E-state index in [0.29, 0.717) is 6.54 Å². The number of nitrogens with one attached hydrogen (secondary N) is 1. The summed E-state index contributed by atoms with van der Waals surface area (Å²) in [6.07, 6.45) is -3.43. The number of halogens is 4. The third kappa shape index (κ3) is 9.16. The van der Waals surface area contributed by atoms with Crippen LogP contribution in [0, 0.1) is 5.92 Å². The highest BCUT2D eigenvalue weighted by Gasteiger charge is 2.33. The average Bonchev–Trinajstić information content (AvgIpc) is 2.54. The van der Waals surface area contributed by atoms with Crippen molar-refractivity contribution in [2.75, 3.05) is 45.8 Å². The first-order valence-corrected chi connectivity index (χ1v) is 7.05. The fourth-order valence-electron chi connectivity index (χ4n) is 2.26. The second-order valence-corrected chi connectivity index (χ2v) is 5.66. The van der Waals surface area contributed by atoms with Gasteiger partial charge < -0.3 is 10.2 Å². The molecule has 0 aromatic carbocycles. The number of alkyl halides is 3. The highest BCUT2D eigenvalue weighted by molar-refractivity contribution is 5.85. The molecule has 0 spiro atoms. The Labute approximate surface area is 130 Å². The van der Waals surface area contributed by atoms with Crippen LogP contribution in [0.5, 0.6) is 0 Å². The lowest BCUT2D eigenvalue weighted by Gasteiger charge is -2.28. The summed E-state index contributed by atoms with van der Waals surface area (Å²) in [7, 11) is 0. The Bertz CT molecular complexity index is 306. The maximum absolute atomic E-state index is 12.5. The van der Waals surface area contributed by atoms with Crippen molar-refractivity contribution in [1.82, 2.24) is 15.1 Å². The summed E-state index contributed by atoms with van der Waals surface area (Å²) in [5.41, 5.74) is 0. The number of amides is 1. The number of hydrogen-bond donors (Lipinski definition) is 1. The summed E-state index contributed by atoms with van der Waals surface area (Å²) in [5.74, 6) is -0.412. The molecule has 4 nitrogen and oxygen atoms in total. The quantitative estimate of drug-likeness (QED) is 0.833. The van der Waals surface area contributed by atoms with Gasteiger partial charge in [-0.2, -0.15) is 13.2 Å². The molecule has 1 aliphatic rings. The minimum Gasteiger partial charge on any atom is -0.332 e. The molecule has 1 heterocycles. The zero-order valence-electron chi connectivity index (χ0n) is 12.6. The van der Waals surface area contributed by atoms with Crippen molar-refractivity contribution in [2.45, 2.75) is 26.4 Å². The second-order valence-electron chi connectivity index (χ2n) is 5.66. The second kappa shape index (κ2) is 9.48. The first-order chi connectivity index (χ1) is 9.28. The topological polar surface area (TPSA) is 35.6 Å². The van der Waals surface area contributed by atoms with E-state index in [4.69, 9.17) is 0 Å². The fourth-order valence-corrected chi connectivity index (χ4v) is 2.26. The molecular weight excluding hydrogens is 307 g/mol. The van der Waals surface area contributed by atoms with E-state index in [1.54, 1.807) is 0 Å². The van der Waals surface area contributed by atoms with E-state index in [-0.39, 0.29) is 31.4 Å². The zero-order valence-corrected chi connectivity index (χ0v) is 13.4. The summed E-state index contributed by atoms with van der Waals surface area (Å²) in [6.45, 7) is 5.80. The van der Waals surface area contributed by atoms with Crippen molar-refractivity contribution < 1.29 is 18.0 Å². The molecule has 1 aliphatic heterocycles. The largest absolute Gasteiger partial charge is 0.406 e. The summed E-state index contributed by atoms with van der Waals surface area (Å²) < 4.78 is 37.6. The lowest BCUT2D eigenvalue weighted by Crippen LogP contribution is -2.46. The van der Waals surface area contributed by atoms with E-state index in [9.17, 15) is 18.0 Å². The fraction of sp³-hybridized carbons (Fsp3) is 0.923. The summed E-state index contributed by atoms with van der Waals surface area (Å²) in [4.78, 5) is 15.0. The molecule has 0 aromatic heterocycles. The Balaban J connectivity index is 0.00000400. The van der Waals surface area contributed by atoms with Gasteiger partial charge in [0.25, 0.3) is 0 Å². The van der Waals surface area contributed by atoms with Gasteiger partial charge in [0.1, 0.15) is 6.54 Å². The van der Waals surface area contributed by atoms with Crippen LogP contribution in [-0.2, 0) is 4.79 Å². The molecule has 1 N–H and O–H groups in total. The number of hydrogen-bond acceptors (Lipinski definition) is 3. The molecule has 1 rings (SSSR count). The van der Waals surface area contributed by atoms with Crippen molar-refractivity contribution >= 4 is 18.3 Å². The van der Waals surface area contributed by atoms with Gasteiger partial charge in [-0.05, 0) is 25.4 Å². The predicted octanol–water partition coefficient (Wildman–Crippen LogP) is 1.75. The Morgan fingerprint density at radius 1 is 1.29 bits per heavy atom. The molecule has 0 aliphatic carbocycles. The molecule has 21 heavy (non-hydrogen) atoms. The molecule has 0 saturated carbocycles. The van der Waals surface area contributed by atoms with Gasteiger partial charge in [-0.15, -0.1) is 12.4 Å². The highest BCUT2D eigenvalue weighted by Crippen LogP contribution is 2.17. The van der Waals surface area contributed by atoms with Gasteiger partial charge in [0.15, 0.2) is 0 Å². The number of carbonyl (C=O) groups excluding carboxylic acids is 1. The lowest BCUT2D eigenvalue weighted by molar-refractivity contribution is -0.162. The summed E-state index contributed by atoms with van der Waals surface area (Å²) >= 11 is 0. The zero-order chi connectivity index (χ0) is 15.2. The van der Waals surface area contributed by atoms with E-state index < -0.39 is 18.6 Å². The van der Waals surface area contributed by atoms with E-state index >= 15 is 0 Å². The Kier molecular flexibility index (Phi) is 9.24. The van der Waals surface area contributed by atoms with Gasteiger partial charge in [-0.1, -0.05) is 13.8 Å². The van der Waals surface area contributed by atoms with Crippen LogP contribution in [0.3, 0.4) is 0 Å². The predicted molar refractivity (Wildman–Crippen MR) is 78.6 cm³/mol. The average molecular weight is 332 g/mol. The van der Waals surface area contributed by atoms with E-state index in [1.165, 1.54) is 0 Å². The first kappa shape index (κ1) is 20.5. The van der Waals surface area contributed by atoms with Crippen molar-refractivity contribution in [3.05, 3.63) is 0 Å². The third-order valence-electron chi connectivity index (χ3n) is 3.10. The van der Waals surface area contributed by atoms with E-state index in [1.807, 2.05) is 18.7 Å². The van der Waals surface area contributed by atoms with Crippen LogP contribution in [0.25, 0.3) is 0 Å². The molecule has 0 radical (unpaired) electrons. The maximum atomic E-state index is 12.5. The number of carbonyl (C=O) groups is 1. The van der Waals surface area contributed by atoms with Gasteiger partial charge in [0, 0.05) is 19.6 Å². The third-order valence-corrected chi connectivity index (χ3v) is 3.10. The SMILES string of the molecule is CC(C)CN(CC(F)(F)F)C(=O)CN1CCCNCC1.Cl. The van der Waals surface area contributed by atoms with Crippen LogP contribution in [-0.4, -0.2) is 67.7 Å². The lowest BCUT2D eigenvalue weighted by atomic mass is 10.2. The van der Waals surface area contributed by atoms with Crippen LogP contribution < -0.4 is 5.32 Å². The van der Waals surface area contributed by atoms with Crippen molar-refractivity contribution in [2.24, 2.45) is 5.92 Å². The number of rotatable bonds is 5. The molecule has 126 valence electrons. The monoisotopic (exact) mass is 331 g/mol. The number of nitrogens with zero attached hydrogens (tertiary/aromatic N) is 2. The molecule has 0 aromatic rings. The first-order valence-electron chi connectivity index (χ1n) is 7.05. The Morgan fingerprint density at radius 2 is 1.95 bits per heavy atom. The van der Waals surface area contributed by atoms with Crippen LogP contribution in [0.4, 0.5) is 13.2 Å². The van der Waals surface area contributed by atoms with Crippen LogP contribution in [0.1, 0.15) is 20.3 Å². The standard InChI is InChI=1S/C13H24F3N3O.ClH/c1-11(2)8-19(10-13(14,15)16)12(20)9-18-6-3-4-17-5-7-18;/h11,17H,3-10H2,1-2H3;1H. The highest BCUT2D eigenvalue weighted by atomic mass is 35.5. The molecule has 1 amide bonds. The van der Waals surface area contributed by atoms with Gasteiger partial charge >= 0.3 is 6.18 Å². The van der Waals surface area contributed by atoms with Crippen LogP contribution >= 0.6 is 12.4 Å². The summed E-state index contributed by atoms with van der Waals surface area (Å²) in [6, 6.07) is 0. The van der Waals surface area contributed by atoms with Gasteiger partial charge in [0.2, 0.25) is 5.91 Å². The molecule has 0 unspecified atom stereocenters. The summed E-state index contributed by atoms with van der Waals surface area (Å²) in [5, 5.41) is 3.20. The van der Waals surface area contributed by atoms with Gasteiger partial charge in [-0.25, -0.2) is 0 Å². The Morgan fingerprint density at radius 3 is 2.52 bits per heavy atom. The van der Waals surface area contributed by atoms with E-state index in [0.717, 1.165) is 31.0 Å². The van der Waals surface area contributed by atoms with Crippen LogP contribution in [0.2, 0.25) is 0 Å². The molecule has 0 bridgehead atoms. The minimum absolute atomic E-state index is 0. The normalized spacial score (nSPS) is 17.2. The molecular formula is C13H25ClF3N3O. The molecule has 1 fully saturated rings. The van der Waals surface area contributed by atoms with Crippen molar-refractivity contribution in [1.29, 1.82) is 0 Å².